The van der Waals surface area contributed by atoms with Gasteiger partial charge in [0, 0.05) is 80.7 Å². The van der Waals surface area contributed by atoms with Gasteiger partial charge in [0.25, 0.3) is 0 Å². The number of rotatable bonds is 4. The van der Waals surface area contributed by atoms with E-state index in [1.54, 1.807) is 0 Å². The van der Waals surface area contributed by atoms with Crippen LogP contribution in [0.1, 0.15) is 35.1 Å². The van der Waals surface area contributed by atoms with Crippen molar-refractivity contribution in [3.63, 3.8) is 0 Å². The van der Waals surface area contributed by atoms with Crippen LogP contribution in [0, 0.1) is 0 Å². The number of hydrogen-bond donors (Lipinski definition) is 4. The monoisotopic (exact) mass is 506 g/mol. The highest BCUT2D eigenvalue weighted by Crippen LogP contribution is 2.34. The minimum Gasteiger partial charge on any atom is -0.361 e. The normalized spacial score (nSPS) is 11.5. The van der Waals surface area contributed by atoms with Crippen molar-refractivity contribution in [2.45, 2.75) is 19.3 Å². The second-order valence-corrected chi connectivity index (χ2v) is 10.2. The molecule has 8 aromatic rings. The minimum absolute atomic E-state index is 0.363. The van der Waals surface area contributed by atoms with Gasteiger partial charge in [0.05, 0.1) is 0 Å². The molecule has 8 rings (SSSR count). The van der Waals surface area contributed by atoms with Gasteiger partial charge < -0.3 is 19.9 Å². The molecule has 4 aromatic heterocycles. The van der Waals surface area contributed by atoms with Gasteiger partial charge >= 0.3 is 0 Å². The van der Waals surface area contributed by atoms with E-state index < -0.39 is 0 Å². The van der Waals surface area contributed by atoms with Gasteiger partial charge in [-0.15, -0.1) is 0 Å². The maximum absolute atomic E-state index is 3.37. The van der Waals surface area contributed by atoms with Crippen LogP contribution < -0.4 is 0 Å². The van der Waals surface area contributed by atoms with Gasteiger partial charge in [-0.05, 0) is 46.5 Å². The molecule has 190 valence electrons. The van der Waals surface area contributed by atoms with Crippen molar-refractivity contribution in [2.24, 2.45) is 0 Å². The summed E-state index contributed by atoms with van der Waals surface area (Å²) in [6.45, 7) is 2.27. The van der Waals surface area contributed by atoms with E-state index in [1.165, 1.54) is 65.9 Å². The van der Waals surface area contributed by atoms with Gasteiger partial charge in [0.15, 0.2) is 0 Å². The highest BCUT2D eigenvalue weighted by Gasteiger charge is 2.16. The maximum Gasteiger partial charge on any atom is 0.0457 e. The molecule has 0 saturated heterocycles. The molecule has 4 N–H and O–H groups in total. The zero-order valence-corrected chi connectivity index (χ0v) is 21.8. The number of aromatic nitrogens is 4. The number of benzene rings is 4. The Morgan fingerprint density at radius 3 is 1.21 bits per heavy atom. The van der Waals surface area contributed by atoms with Crippen molar-refractivity contribution in [1.82, 2.24) is 19.9 Å². The molecular formula is C35H30N4. The van der Waals surface area contributed by atoms with E-state index in [4.69, 9.17) is 0 Å². The Labute approximate surface area is 226 Å². The predicted molar refractivity (Wildman–Crippen MR) is 164 cm³/mol. The van der Waals surface area contributed by atoms with Crippen LogP contribution in [-0.2, 0) is 6.42 Å². The average Bonchev–Trinajstić information content (AvgIpc) is 3.78. The summed E-state index contributed by atoms with van der Waals surface area (Å²) in [6, 6.07) is 33.9. The Bertz CT molecular complexity index is 1880. The van der Waals surface area contributed by atoms with Crippen LogP contribution in [0.3, 0.4) is 0 Å². The molecule has 0 unspecified atom stereocenters. The Morgan fingerprint density at radius 1 is 0.436 bits per heavy atom. The lowest BCUT2D eigenvalue weighted by Crippen LogP contribution is -1.93. The lowest BCUT2D eigenvalue weighted by molar-refractivity contribution is 0.942. The third-order valence-electron chi connectivity index (χ3n) is 7.91. The van der Waals surface area contributed by atoms with E-state index in [-0.39, 0.29) is 0 Å². The number of para-hydroxylation sites is 4. The standard InChI is InChI=1S/C18H16N2.C17H14N2/c1-12(15-10-19-17-8-4-2-6-13(15)17)16-11-20-18-9-5-3-7-14(16)18;1-3-7-16-14(5-1)12(10-18-16)9-13-11-19-17-8-4-2-6-15(13)17/h2-12,19-20H,1H3;1-8,10-11,18-19H,9H2. The summed E-state index contributed by atoms with van der Waals surface area (Å²) in [7, 11) is 0. The largest absolute Gasteiger partial charge is 0.361 e. The first-order chi connectivity index (χ1) is 19.3. The lowest BCUT2D eigenvalue weighted by Gasteiger charge is -2.10. The van der Waals surface area contributed by atoms with Gasteiger partial charge in [-0.1, -0.05) is 79.7 Å². The Kier molecular flexibility index (Phi) is 5.78. The Hall–Kier alpha value is -4.96. The molecule has 0 amide bonds. The SMILES string of the molecule is CC(c1c[nH]c2ccccc12)c1c[nH]c2ccccc12.c1ccc2c(Cc3c[nH]c4ccccc34)c[nH]c2c1. The third-order valence-corrected chi connectivity index (χ3v) is 7.91. The smallest absolute Gasteiger partial charge is 0.0457 e. The molecule has 0 saturated carbocycles. The summed E-state index contributed by atoms with van der Waals surface area (Å²) in [5.41, 5.74) is 10.2. The van der Waals surface area contributed by atoms with Crippen LogP contribution >= 0.6 is 0 Å². The molecule has 0 atom stereocenters. The van der Waals surface area contributed by atoms with Crippen LogP contribution in [0.4, 0.5) is 0 Å². The fourth-order valence-corrected chi connectivity index (χ4v) is 5.83. The van der Waals surface area contributed by atoms with Crippen molar-refractivity contribution < 1.29 is 0 Å². The fraction of sp³-hybridized carbons (Fsp3) is 0.0857. The van der Waals surface area contributed by atoms with Crippen LogP contribution in [0.15, 0.2) is 122 Å². The molecule has 0 bridgehead atoms. The van der Waals surface area contributed by atoms with Gasteiger partial charge in [0.2, 0.25) is 0 Å². The summed E-state index contributed by atoms with van der Waals surface area (Å²) >= 11 is 0. The molecule has 0 aliphatic carbocycles. The zero-order chi connectivity index (χ0) is 26.2. The van der Waals surface area contributed by atoms with Gasteiger partial charge in [0.1, 0.15) is 0 Å². The zero-order valence-electron chi connectivity index (χ0n) is 21.8. The molecule has 0 spiro atoms. The molecule has 4 heterocycles. The summed E-state index contributed by atoms with van der Waals surface area (Å²) < 4.78 is 0. The van der Waals surface area contributed by atoms with Gasteiger partial charge in [-0.2, -0.15) is 0 Å². The van der Waals surface area contributed by atoms with E-state index in [0.29, 0.717) is 5.92 Å². The molecule has 39 heavy (non-hydrogen) atoms. The van der Waals surface area contributed by atoms with Crippen LogP contribution in [0.2, 0.25) is 0 Å². The Balaban J connectivity index is 0.000000130. The van der Waals surface area contributed by atoms with E-state index in [2.05, 4.69) is 149 Å². The summed E-state index contributed by atoms with van der Waals surface area (Å²) in [4.78, 5) is 13.4. The molecule has 0 aliphatic heterocycles. The van der Waals surface area contributed by atoms with Crippen molar-refractivity contribution in [1.29, 1.82) is 0 Å². The van der Waals surface area contributed by atoms with E-state index in [1.807, 2.05) is 0 Å². The number of aromatic amines is 4. The van der Waals surface area contributed by atoms with E-state index >= 15 is 0 Å². The number of H-pyrrole nitrogens is 4. The highest BCUT2D eigenvalue weighted by atomic mass is 14.7. The summed E-state index contributed by atoms with van der Waals surface area (Å²) in [5, 5.41) is 5.25. The summed E-state index contributed by atoms with van der Waals surface area (Å²) in [6.07, 6.45) is 9.46. The number of nitrogens with one attached hydrogen (secondary N) is 4. The molecule has 4 heteroatoms. The second-order valence-electron chi connectivity index (χ2n) is 10.2. The molecule has 0 fully saturated rings. The highest BCUT2D eigenvalue weighted by molar-refractivity contribution is 5.88. The minimum atomic E-state index is 0.363. The van der Waals surface area contributed by atoms with Crippen molar-refractivity contribution >= 4 is 43.6 Å². The maximum atomic E-state index is 3.37. The first kappa shape index (κ1) is 23.2. The lowest BCUT2D eigenvalue weighted by atomic mass is 9.92. The fourth-order valence-electron chi connectivity index (χ4n) is 5.83. The van der Waals surface area contributed by atoms with Crippen LogP contribution in [0.25, 0.3) is 43.6 Å². The van der Waals surface area contributed by atoms with Crippen molar-refractivity contribution in [3.05, 3.63) is 144 Å². The first-order valence-electron chi connectivity index (χ1n) is 13.5. The average molecular weight is 507 g/mol. The predicted octanol–water partition coefficient (Wildman–Crippen LogP) is 9.04. The number of hydrogen-bond acceptors (Lipinski definition) is 0. The second kappa shape index (κ2) is 9.73. The first-order valence-corrected chi connectivity index (χ1v) is 13.5. The van der Waals surface area contributed by atoms with Crippen molar-refractivity contribution in [2.75, 3.05) is 0 Å². The quantitative estimate of drug-likeness (QED) is 0.184. The third kappa shape index (κ3) is 4.20. The number of fused-ring (bicyclic) bond motifs is 4. The van der Waals surface area contributed by atoms with E-state index in [0.717, 1.165) is 6.42 Å². The topological polar surface area (TPSA) is 63.2 Å². The molecule has 4 nitrogen and oxygen atoms in total. The summed E-state index contributed by atoms with van der Waals surface area (Å²) in [5.74, 6) is 0.363. The van der Waals surface area contributed by atoms with E-state index in [9.17, 15) is 0 Å². The van der Waals surface area contributed by atoms with Gasteiger partial charge in [-0.3, -0.25) is 0 Å². The molecule has 0 aliphatic rings. The van der Waals surface area contributed by atoms with Crippen LogP contribution in [-0.4, -0.2) is 19.9 Å². The Morgan fingerprint density at radius 2 is 0.769 bits per heavy atom. The molecule has 0 radical (unpaired) electrons. The van der Waals surface area contributed by atoms with Crippen LogP contribution in [0.5, 0.6) is 0 Å². The molecular weight excluding hydrogens is 476 g/mol. The molecule has 4 aromatic carbocycles. The van der Waals surface area contributed by atoms with Crippen molar-refractivity contribution in [3.8, 4) is 0 Å². The van der Waals surface area contributed by atoms with Gasteiger partial charge in [-0.25, -0.2) is 0 Å².